The van der Waals surface area contributed by atoms with Gasteiger partial charge in [-0.15, -0.1) is 0 Å². The highest BCUT2D eigenvalue weighted by atomic mass is 16.4. The topological polar surface area (TPSA) is 70.8 Å². The number of aryl methyl sites for hydroxylation is 1. The van der Waals surface area contributed by atoms with E-state index in [1.807, 2.05) is 6.92 Å². The van der Waals surface area contributed by atoms with E-state index in [1.165, 1.54) is 6.07 Å². The van der Waals surface area contributed by atoms with Gasteiger partial charge in [0.1, 0.15) is 11.3 Å². The number of carboxylic acids is 1. The number of furan rings is 1. The molecule has 0 aliphatic rings. The van der Waals surface area contributed by atoms with Gasteiger partial charge in [-0.25, -0.2) is 4.79 Å². The SMILES string of the molecule is CCCCN(C)C(=O)c1cc(C(=O)O)c(CC)o1. The molecule has 1 heterocycles. The van der Waals surface area contributed by atoms with Crippen molar-refractivity contribution in [2.75, 3.05) is 13.6 Å². The molecule has 0 atom stereocenters. The van der Waals surface area contributed by atoms with Crippen LogP contribution in [0.5, 0.6) is 0 Å². The average molecular weight is 253 g/mol. The lowest BCUT2D eigenvalue weighted by Gasteiger charge is -2.14. The summed E-state index contributed by atoms with van der Waals surface area (Å²) in [5.74, 6) is -0.894. The van der Waals surface area contributed by atoms with Crippen LogP contribution in [0.1, 0.15) is 53.4 Å². The highest BCUT2D eigenvalue weighted by Crippen LogP contribution is 2.18. The van der Waals surface area contributed by atoms with Gasteiger partial charge < -0.3 is 14.4 Å². The van der Waals surface area contributed by atoms with Gasteiger partial charge in [-0.3, -0.25) is 4.79 Å². The van der Waals surface area contributed by atoms with Crippen molar-refractivity contribution in [3.63, 3.8) is 0 Å². The molecule has 0 saturated heterocycles. The van der Waals surface area contributed by atoms with Crippen LogP contribution in [-0.2, 0) is 6.42 Å². The molecule has 5 heteroatoms. The van der Waals surface area contributed by atoms with Crippen molar-refractivity contribution in [1.29, 1.82) is 0 Å². The first-order valence-electron chi connectivity index (χ1n) is 6.12. The van der Waals surface area contributed by atoms with Gasteiger partial charge in [-0.05, 0) is 6.42 Å². The summed E-state index contributed by atoms with van der Waals surface area (Å²) in [6, 6.07) is 1.31. The number of hydrogen-bond acceptors (Lipinski definition) is 3. The Hall–Kier alpha value is -1.78. The van der Waals surface area contributed by atoms with Crippen LogP contribution in [0.15, 0.2) is 10.5 Å². The Morgan fingerprint density at radius 1 is 1.39 bits per heavy atom. The Bertz CT molecular complexity index is 436. The van der Waals surface area contributed by atoms with Crippen molar-refractivity contribution >= 4 is 11.9 Å². The van der Waals surface area contributed by atoms with Crippen LogP contribution in [0, 0.1) is 0 Å². The van der Waals surface area contributed by atoms with E-state index in [0.717, 1.165) is 12.8 Å². The minimum atomic E-state index is -1.06. The van der Waals surface area contributed by atoms with E-state index in [-0.39, 0.29) is 17.2 Å². The second kappa shape index (κ2) is 6.23. The van der Waals surface area contributed by atoms with Crippen molar-refractivity contribution in [2.45, 2.75) is 33.1 Å². The predicted molar refractivity (Wildman–Crippen MR) is 66.9 cm³/mol. The van der Waals surface area contributed by atoms with Gasteiger partial charge in [0.15, 0.2) is 5.76 Å². The van der Waals surface area contributed by atoms with Crippen molar-refractivity contribution in [3.05, 3.63) is 23.2 Å². The Balaban J connectivity index is 2.89. The van der Waals surface area contributed by atoms with Gasteiger partial charge in [-0.2, -0.15) is 0 Å². The highest BCUT2D eigenvalue weighted by molar-refractivity contribution is 5.96. The summed E-state index contributed by atoms with van der Waals surface area (Å²) in [4.78, 5) is 24.5. The van der Waals surface area contributed by atoms with Crippen LogP contribution in [-0.4, -0.2) is 35.5 Å². The summed E-state index contributed by atoms with van der Waals surface area (Å²) in [6.07, 6.45) is 2.36. The molecular weight excluding hydrogens is 234 g/mol. The number of carboxylic acid groups (broad SMARTS) is 1. The number of rotatable bonds is 6. The zero-order valence-electron chi connectivity index (χ0n) is 11.0. The number of unbranched alkanes of at least 4 members (excludes halogenated alkanes) is 1. The molecule has 1 aromatic rings. The number of amides is 1. The summed E-state index contributed by atoms with van der Waals surface area (Å²) < 4.78 is 5.32. The Kier molecular flexibility index (Phi) is 4.95. The molecule has 0 saturated carbocycles. The van der Waals surface area contributed by atoms with Crippen LogP contribution in [0.3, 0.4) is 0 Å². The molecule has 0 aliphatic heterocycles. The monoisotopic (exact) mass is 253 g/mol. The fourth-order valence-corrected chi connectivity index (χ4v) is 1.66. The van der Waals surface area contributed by atoms with Crippen molar-refractivity contribution in [3.8, 4) is 0 Å². The average Bonchev–Trinajstić information content (AvgIpc) is 2.79. The fourth-order valence-electron chi connectivity index (χ4n) is 1.66. The molecule has 1 amide bonds. The third-order valence-corrected chi connectivity index (χ3v) is 2.77. The van der Waals surface area contributed by atoms with Gasteiger partial charge in [0.2, 0.25) is 0 Å². The summed E-state index contributed by atoms with van der Waals surface area (Å²) in [6.45, 7) is 4.48. The number of carbonyl (C=O) groups excluding carboxylic acids is 1. The van der Waals surface area contributed by atoms with Gasteiger partial charge in [0, 0.05) is 26.1 Å². The van der Waals surface area contributed by atoms with Crippen LogP contribution < -0.4 is 0 Å². The van der Waals surface area contributed by atoms with Crippen LogP contribution in [0.4, 0.5) is 0 Å². The molecule has 1 N–H and O–H groups in total. The van der Waals surface area contributed by atoms with Gasteiger partial charge in [-0.1, -0.05) is 20.3 Å². The molecule has 0 fully saturated rings. The second-order valence-corrected chi connectivity index (χ2v) is 4.19. The number of nitrogens with zero attached hydrogens (tertiary/aromatic N) is 1. The zero-order chi connectivity index (χ0) is 13.7. The molecule has 0 spiro atoms. The molecule has 0 radical (unpaired) electrons. The van der Waals surface area contributed by atoms with E-state index in [0.29, 0.717) is 18.7 Å². The maximum Gasteiger partial charge on any atom is 0.339 e. The normalized spacial score (nSPS) is 10.4. The largest absolute Gasteiger partial charge is 0.478 e. The van der Waals surface area contributed by atoms with Crippen molar-refractivity contribution < 1.29 is 19.1 Å². The molecule has 1 aromatic heterocycles. The summed E-state index contributed by atoms with van der Waals surface area (Å²) in [5.41, 5.74) is 0.0738. The maximum absolute atomic E-state index is 12.0. The Morgan fingerprint density at radius 3 is 2.50 bits per heavy atom. The third kappa shape index (κ3) is 3.12. The fraction of sp³-hybridized carbons (Fsp3) is 0.538. The minimum absolute atomic E-state index is 0.0738. The lowest BCUT2D eigenvalue weighted by Crippen LogP contribution is -2.27. The van der Waals surface area contributed by atoms with E-state index in [4.69, 9.17) is 9.52 Å². The number of aromatic carboxylic acids is 1. The molecule has 0 unspecified atom stereocenters. The van der Waals surface area contributed by atoms with Crippen molar-refractivity contribution in [2.24, 2.45) is 0 Å². The predicted octanol–water partition coefficient (Wildman–Crippen LogP) is 2.41. The minimum Gasteiger partial charge on any atom is -0.478 e. The lowest BCUT2D eigenvalue weighted by atomic mass is 10.2. The van der Waals surface area contributed by atoms with Crippen LogP contribution in [0.2, 0.25) is 0 Å². The smallest absolute Gasteiger partial charge is 0.339 e. The van der Waals surface area contributed by atoms with E-state index in [2.05, 4.69) is 0 Å². The Morgan fingerprint density at radius 2 is 2.06 bits per heavy atom. The van der Waals surface area contributed by atoms with E-state index in [1.54, 1.807) is 18.9 Å². The second-order valence-electron chi connectivity index (χ2n) is 4.19. The zero-order valence-corrected chi connectivity index (χ0v) is 11.0. The summed E-state index contributed by atoms with van der Waals surface area (Å²) >= 11 is 0. The van der Waals surface area contributed by atoms with E-state index < -0.39 is 5.97 Å². The van der Waals surface area contributed by atoms with Gasteiger partial charge in [0.25, 0.3) is 5.91 Å². The molecule has 18 heavy (non-hydrogen) atoms. The quantitative estimate of drug-likeness (QED) is 0.845. The van der Waals surface area contributed by atoms with Crippen molar-refractivity contribution in [1.82, 2.24) is 4.90 Å². The highest BCUT2D eigenvalue weighted by Gasteiger charge is 2.21. The maximum atomic E-state index is 12.0. The molecule has 0 bridgehead atoms. The third-order valence-electron chi connectivity index (χ3n) is 2.77. The Labute approximate surface area is 106 Å². The van der Waals surface area contributed by atoms with E-state index in [9.17, 15) is 9.59 Å². The summed E-state index contributed by atoms with van der Waals surface area (Å²) in [5, 5.41) is 8.99. The van der Waals surface area contributed by atoms with Gasteiger partial charge >= 0.3 is 5.97 Å². The van der Waals surface area contributed by atoms with Crippen LogP contribution >= 0.6 is 0 Å². The first kappa shape index (κ1) is 14.3. The lowest BCUT2D eigenvalue weighted by molar-refractivity contribution is 0.0693. The number of carbonyl (C=O) groups is 2. The molecular formula is C13H19NO4. The first-order valence-corrected chi connectivity index (χ1v) is 6.12. The first-order chi connectivity index (χ1) is 8.51. The van der Waals surface area contributed by atoms with Gasteiger partial charge in [0.05, 0.1) is 0 Å². The van der Waals surface area contributed by atoms with Crippen LogP contribution in [0.25, 0.3) is 0 Å². The summed E-state index contributed by atoms with van der Waals surface area (Å²) in [7, 11) is 1.69. The van der Waals surface area contributed by atoms with E-state index >= 15 is 0 Å². The standard InChI is InChI=1S/C13H19NO4/c1-4-6-7-14(3)12(15)11-8-9(13(16)17)10(5-2)18-11/h8H,4-7H2,1-3H3,(H,16,17). The molecule has 0 aromatic carbocycles. The molecule has 5 nitrogen and oxygen atoms in total. The molecule has 100 valence electrons. The molecule has 1 rings (SSSR count). The molecule has 0 aliphatic carbocycles. The number of hydrogen-bond donors (Lipinski definition) is 1.